The van der Waals surface area contributed by atoms with Gasteiger partial charge in [0.1, 0.15) is 11.3 Å². The first-order valence-corrected chi connectivity index (χ1v) is 8.21. The average Bonchev–Trinajstić information content (AvgIpc) is 2.70. The Kier molecular flexibility index (Phi) is 4.12. The molecule has 4 nitrogen and oxygen atoms in total. The van der Waals surface area contributed by atoms with Gasteiger partial charge in [0.05, 0.1) is 5.02 Å². The highest BCUT2D eigenvalue weighted by atomic mass is 35.5. The summed E-state index contributed by atoms with van der Waals surface area (Å²) in [6.07, 6.45) is 6.16. The van der Waals surface area contributed by atoms with Crippen LogP contribution in [-0.2, 0) is 13.0 Å². The number of fused-ring (bicyclic) bond motifs is 1. The Morgan fingerprint density at radius 2 is 2.14 bits per heavy atom. The van der Waals surface area contributed by atoms with Gasteiger partial charge in [0, 0.05) is 30.6 Å². The van der Waals surface area contributed by atoms with Crippen molar-refractivity contribution in [2.45, 2.75) is 37.8 Å². The number of aryl methyl sites for hydroxylation is 1. The van der Waals surface area contributed by atoms with E-state index in [-0.39, 0.29) is 5.54 Å². The summed E-state index contributed by atoms with van der Waals surface area (Å²) in [5.74, 6) is 1.56. The molecule has 1 aliphatic rings. The lowest BCUT2D eigenvalue weighted by Crippen LogP contribution is -2.53. The van der Waals surface area contributed by atoms with Gasteiger partial charge in [-0.3, -0.25) is 0 Å². The Hall–Kier alpha value is -0.840. The first-order valence-electron chi connectivity index (χ1n) is 7.30. The highest BCUT2D eigenvalue weighted by Crippen LogP contribution is 2.38. The summed E-state index contributed by atoms with van der Waals surface area (Å²) in [6.45, 7) is 0.914. The third-order valence-electron chi connectivity index (χ3n) is 4.63. The molecule has 1 fully saturated rings. The summed E-state index contributed by atoms with van der Waals surface area (Å²) in [7, 11) is 4.31. The molecule has 1 aliphatic carbocycles. The molecule has 2 aromatic heterocycles. The quantitative estimate of drug-likeness (QED) is 0.790. The van der Waals surface area contributed by atoms with Gasteiger partial charge < -0.3 is 9.47 Å². The molecule has 2 heterocycles. The number of rotatable bonds is 5. The van der Waals surface area contributed by atoms with Crippen molar-refractivity contribution >= 4 is 34.4 Å². The lowest BCUT2D eigenvalue weighted by Gasteiger charge is -2.47. The molecule has 0 saturated heterocycles. The summed E-state index contributed by atoms with van der Waals surface area (Å²) in [5, 5.41) is 0.621. The van der Waals surface area contributed by atoms with E-state index in [9.17, 15) is 0 Å². The van der Waals surface area contributed by atoms with E-state index >= 15 is 0 Å². The Balaban J connectivity index is 2.05. The van der Waals surface area contributed by atoms with E-state index in [1.54, 1.807) is 6.20 Å². The summed E-state index contributed by atoms with van der Waals surface area (Å²) in [4.78, 5) is 11.5. The maximum absolute atomic E-state index is 6.03. The number of aromatic nitrogens is 3. The van der Waals surface area contributed by atoms with Crippen molar-refractivity contribution < 1.29 is 0 Å². The van der Waals surface area contributed by atoms with Crippen LogP contribution >= 0.6 is 23.2 Å². The number of hydrogen-bond donors (Lipinski definition) is 0. The molecule has 0 bridgehead atoms. The zero-order chi connectivity index (χ0) is 15.0. The SMILES string of the molecule is CN(C)C1(Cn2c(CCCl)nc3cc(Cl)cnc32)CCC1. The number of imidazole rings is 1. The van der Waals surface area contributed by atoms with Crippen molar-refractivity contribution in [1.82, 2.24) is 19.4 Å². The maximum atomic E-state index is 6.03. The second kappa shape index (κ2) is 5.75. The van der Waals surface area contributed by atoms with Gasteiger partial charge in [0.15, 0.2) is 5.65 Å². The molecular formula is C15H20Cl2N4. The normalized spacial score (nSPS) is 17.4. The maximum Gasteiger partial charge on any atom is 0.160 e. The third kappa shape index (κ3) is 2.65. The van der Waals surface area contributed by atoms with E-state index in [4.69, 9.17) is 23.2 Å². The number of hydrogen-bond acceptors (Lipinski definition) is 3. The van der Waals surface area contributed by atoms with E-state index in [2.05, 4.69) is 33.5 Å². The summed E-state index contributed by atoms with van der Waals surface area (Å²) in [6, 6.07) is 1.88. The van der Waals surface area contributed by atoms with E-state index in [1.165, 1.54) is 19.3 Å². The summed E-state index contributed by atoms with van der Waals surface area (Å²) in [5.41, 5.74) is 1.99. The largest absolute Gasteiger partial charge is 0.311 e. The van der Waals surface area contributed by atoms with Crippen LogP contribution < -0.4 is 0 Å². The minimum absolute atomic E-state index is 0.218. The zero-order valence-electron chi connectivity index (χ0n) is 12.4. The summed E-state index contributed by atoms with van der Waals surface area (Å²) >= 11 is 12.0. The summed E-state index contributed by atoms with van der Waals surface area (Å²) < 4.78 is 2.23. The fourth-order valence-corrected chi connectivity index (χ4v) is 3.42. The van der Waals surface area contributed by atoms with Crippen molar-refractivity contribution in [1.29, 1.82) is 0 Å². The fraction of sp³-hybridized carbons (Fsp3) is 0.600. The highest BCUT2D eigenvalue weighted by molar-refractivity contribution is 6.31. The lowest BCUT2D eigenvalue weighted by molar-refractivity contribution is 0.0426. The fourth-order valence-electron chi connectivity index (χ4n) is 3.10. The van der Waals surface area contributed by atoms with Crippen LogP contribution in [0.5, 0.6) is 0 Å². The lowest BCUT2D eigenvalue weighted by atomic mass is 9.75. The molecule has 0 radical (unpaired) electrons. The predicted octanol–water partition coefficient (Wildman–Crippen LogP) is 3.35. The Morgan fingerprint density at radius 3 is 2.71 bits per heavy atom. The van der Waals surface area contributed by atoms with Crippen LogP contribution in [0.1, 0.15) is 25.1 Å². The molecule has 6 heteroatoms. The van der Waals surface area contributed by atoms with Crippen LogP contribution in [0.4, 0.5) is 0 Å². The number of pyridine rings is 1. The number of likely N-dealkylation sites (N-methyl/N-ethyl adjacent to an activating group) is 1. The molecule has 114 valence electrons. The van der Waals surface area contributed by atoms with Gasteiger partial charge >= 0.3 is 0 Å². The number of alkyl halides is 1. The first-order chi connectivity index (χ1) is 10.1. The van der Waals surface area contributed by atoms with Crippen molar-refractivity contribution in [3.05, 3.63) is 23.1 Å². The average molecular weight is 327 g/mol. The van der Waals surface area contributed by atoms with E-state index in [1.807, 2.05) is 6.07 Å². The molecule has 0 amide bonds. The molecule has 0 unspecified atom stereocenters. The monoisotopic (exact) mass is 326 g/mol. The van der Waals surface area contributed by atoms with Gasteiger partial charge in [-0.15, -0.1) is 11.6 Å². The molecule has 0 atom stereocenters. The van der Waals surface area contributed by atoms with Gasteiger partial charge in [0.2, 0.25) is 0 Å². The minimum Gasteiger partial charge on any atom is -0.311 e. The Morgan fingerprint density at radius 1 is 1.38 bits per heavy atom. The van der Waals surface area contributed by atoms with Crippen LogP contribution in [0.15, 0.2) is 12.3 Å². The molecular weight excluding hydrogens is 307 g/mol. The second-order valence-electron chi connectivity index (χ2n) is 6.02. The highest BCUT2D eigenvalue weighted by Gasteiger charge is 2.40. The predicted molar refractivity (Wildman–Crippen MR) is 87.2 cm³/mol. The van der Waals surface area contributed by atoms with Crippen LogP contribution in [-0.4, -0.2) is 44.9 Å². The first kappa shape index (κ1) is 15.1. The third-order valence-corrected chi connectivity index (χ3v) is 5.03. The van der Waals surface area contributed by atoms with Crippen LogP contribution in [0.3, 0.4) is 0 Å². The number of halogens is 2. The van der Waals surface area contributed by atoms with Gasteiger partial charge in [-0.2, -0.15) is 0 Å². The van der Waals surface area contributed by atoms with Crippen LogP contribution in [0.2, 0.25) is 5.02 Å². The van der Waals surface area contributed by atoms with Gasteiger partial charge in [0.25, 0.3) is 0 Å². The molecule has 0 spiro atoms. The molecule has 21 heavy (non-hydrogen) atoms. The molecule has 3 rings (SSSR count). The zero-order valence-corrected chi connectivity index (χ0v) is 14.0. The number of nitrogens with zero attached hydrogens (tertiary/aromatic N) is 4. The van der Waals surface area contributed by atoms with Crippen molar-refractivity contribution in [2.75, 3.05) is 20.0 Å². The molecule has 0 aliphatic heterocycles. The van der Waals surface area contributed by atoms with Crippen molar-refractivity contribution in [3.8, 4) is 0 Å². The Bertz CT molecular complexity index is 646. The topological polar surface area (TPSA) is 34.0 Å². The molecule has 0 N–H and O–H groups in total. The van der Waals surface area contributed by atoms with Crippen molar-refractivity contribution in [2.24, 2.45) is 0 Å². The van der Waals surface area contributed by atoms with Crippen LogP contribution in [0, 0.1) is 0 Å². The van der Waals surface area contributed by atoms with Crippen molar-refractivity contribution in [3.63, 3.8) is 0 Å². The molecule has 2 aromatic rings. The molecule has 0 aromatic carbocycles. The van der Waals surface area contributed by atoms with E-state index in [0.29, 0.717) is 10.9 Å². The van der Waals surface area contributed by atoms with E-state index in [0.717, 1.165) is 30.0 Å². The minimum atomic E-state index is 0.218. The smallest absolute Gasteiger partial charge is 0.160 e. The molecule has 1 saturated carbocycles. The van der Waals surface area contributed by atoms with Crippen LogP contribution in [0.25, 0.3) is 11.2 Å². The second-order valence-corrected chi connectivity index (χ2v) is 6.84. The standard InChI is InChI=1S/C15H20Cl2N4/c1-20(2)15(5-3-6-15)10-21-13(4-7-16)19-12-8-11(17)9-18-14(12)21/h8-9H,3-7,10H2,1-2H3. The van der Waals surface area contributed by atoms with Gasteiger partial charge in [-0.1, -0.05) is 11.6 Å². The Labute approximate surface area is 135 Å². The van der Waals surface area contributed by atoms with Gasteiger partial charge in [-0.25, -0.2) is 9.97 Å². The van der Waals surface area contributed by atoms with Gasteiger partial charge in [-0.05, 0) is 39.4 Å². The van der Waals surface area contributed by atoms with E-state index < -0.39 is 0 Å².